The summed E-state index contributed by atoms with van der Waals surface area (Å²) in [7, 11) is 3.17. The fourth-order valence-corrected chi connectivity index (χ4v) is 3.25. The highest BCUT2D eigenvalue weighted by molar-refractivity contribution is 7.18. The van der Waals surface area contributed by atoms with E-state index >= 15 is 0 Å². The normalized spacial score (nSPS) is 10.5. The minimum absolute atomic E-state index is 0.275. The van der Waals surface area contributed by atoms with E-state index in [9.17, 15) is 4.39 Å². The second kappa shape index (κ2) is 6.20. The van der Waals surface area contributed by atoms with Crippen LogP contribution in [-0.4, -0.2) is 14.2 Å². The standard InChI is InChI=1S/C18H15FO2S/c1-20-13-5-3-12(4-6-13)17-9-10-18(22-17)15-8-7-14(21-2)11-16(15)19/h3-11H,1-2H3. The minimum atomic E-state index is -0.275. The summed E-state index contributed by atoms with van der Waals surface area (Å²) < 4.78 is 24.3. The van der Waals surface area contributed by atoms with Crippen LogP contribution in [0.3, 0.4) is 0 Å². The first kappa shape index (κ1) is 14.6. The lowest BCUT2D eigenvalue weighted by molar-refractivity contribution is 0.411. The van der Waals surface area contributed by atoms with E-state index in [0.717, 1.165) is 21.1 Å². The maximum Gasteiger partial charge on any atom is 0.135 e. The van der Waals surface area contributed by atoms with E-state index in [1.165, 1.54) is 13.2 Å². The molecule has 2 aromatic carbocycles. The fraction of sp³-hybridized carbons (Fsp3) is 0.111. The zero-order chi connectivity index (χ0) is 15.5. The summed E-state index contributed by atoms with van der Waals surface area (Å²) in [6.07, 6.45) is 0. The Morgan fingerprint density at radius 2 is 1.41 bits per heavy atom. The molecule has 3 aromatic rings. The molecule has 0 saturated heterocycles. The van der Waals surface area contributed by atoms with Crippen molar-refractivity contribution in [2.45, 2.75) is 0 Å². The molecule has 2 nitrogen and oxygen atoms in total. The molecule has 0 spiro atoms. The molecular weight excluding hydrogens is 299 g/mol. The van der Waals surface area contributed by atoms with Gasteiger partial charge in [0.25, 0.3) is 0 Å². The van der Waals surface area contributed by atoms with Gasteiger partial charge in [-0.25, -0.2) is 4.39 Å². The summed E-state index contributed by atoms with van der Waals surface area (Å²) >= 11 is 1.56. The van der Waals surface area contributed by atoms with Gasteiger partial charge in [0.1, 0.15) is 17.3 Å². The van der Waals surface area contributed by atoms with E-state index < -0.39 is 0 Å². The van der Waals surface area contributed by atoms with Crippen LogP contribution in [0, 0.1) is 5.82 Å². The molecule has 0 aliphatic carbocycles. The van der Waals surface area contributed by atoms with Gasteiger partial charge in [-0.15, -0.1) is 11.3 Å². The molecule has 0 saturated carbocycles. The predicted molar refractivity (Wildman–Crippen MR) is 88.3 cm³/mol. The van der Waals surface area contributed by atoms with Gasteiger partial charge in [0.15, 0.2) is 0 Å². The third kappa shape index (κ3) is 2.83. The Morgan fingerprint density at radius 3 is 2.05 bits per heavy atom. The number of halogens is 1. The molecule has 0 unspecified atom stereocenters. The number of rotatable bonds is 4. The monoisotopic (exact) mass is 314 g/mol. The zero-order valence-electron chi connectivity index (χ0n) is 12.3. The van der Waals surface area contributed by atoms with Crippen molar-refractivity contribution < 1.29 is 13.9 Å². The van der Waals surface area contributed by atoms with Gasteiger partial charge in [-0.05, 0) is 54.1 Å². The molecule has 0 fully saturated rings. The van der Waals surface area contributed by atoms with E-state index in [2.05, 4.69) is 0 Å². The van der Waals surface area contributed by atoms with Crippen LogP contribution in [0.5, 0.6) is 11.5 Å². The first-order valence-electron chi connectivity index (χ1n) is 6.79. The Balaban J connectivity index is 1.93. The Morgan fingerprint density at radius 1 is 0.773 bits per heavy atom. The Hall–Kier alpha value is -2.33. The molecule has 1 aromatic heterocycles. The van der Waals surface area contributed by atoms with E-state index in [0.29, 0.717) is 11.3 Å². The van der Waals surface area contributed by atoms with Crippen LogP contribution in [0.4, 0.5) is 4.39 Å². The first-order valence-corrected chi connectivity index (χ1v) is 7.61. The Bertz CT molecular complexity index is 778. The molecule has 4 heteroatoms. The van der Waals surface area contributed by atoms with Crippen LogP contribution in [0.2, 0.25) is 0 Å². The summed E-state index contributed by atoms with van der Waals surface area (Å²) in [5, 5.41) is 0. The van der Waals surface area contributed by atoms with Crippen LogP contribution >= 0.6 is 11.3 Å². The number of methoxy groups -OCH3 is 2. The zero-order valence-corrected chi connectivity index (χ0v) is 13.1. The summed E-state index contributed by atoms with van der Waals surface area (Å²) in [6, 6.07) is 16.7. The van der Waals surface area contributed by atoms with Gasteiger partial charge in [0, 0.05) is 21.4 Å². The van der Waals surface area contributed by atoms with Gasteiger partial charge in [0.05, 0.1) is 14.2 Å². The molecule has 0 radical (unpaired) electrons. The van der Waals surface area contributed by atoms with Gasteiger partial charge in [-0.2, -0.15) is 0 Å². The third-order valence-electron chi connectivity index (χ3n) is 3.42. The second-order valence-corrected chi connectivity index (χ2v) is 5.82. The summed E-state index contributed by atoms with van der Waals surface area (Å²) in [5.74, 6) is 1.07. The van der Waals surface area contributed by atoms with Gasteiger partial charge in [0.2, 0.25) is 0 Å². The number of ether oxygens (including phenoxy) is 2. The van der Waals surface area contributed by atoms with Crippen molar-refractivity contribution >= 4 is 11.3 Å². The van der Waals surface area contributed by atoms with Crippen molar-refractivity contribution in [2.24, 2.45) is 0 Å². The maximum atomic E-state index is 14.1. The van der Waals surface area contributed by atoms with Crippen molar-refractivity contribution in [3.8, 4) is 32.4 Å². The molecule has 0 amide bonds. The van der Waals surface area contributed by atoms with E-state index in [1.54, 1.807) is 30.6 Å². The molecule has 3 rings (SSSR count). The molecule has 0 atom stereocenters. The van der Waals surface area contributed by atoms with Crippen molar-refractivity contribution in [1.29, 1.82) is 0 Å². The van der Waals surface area contributed by atoms with Crippen molar-refractivity contribution in [1.82, 2.24) is 0 Å². The van der Waals surface area contributed by atoms with E-state index in [1.807, 2.05) is 36.4 Å². The fourth-order valence-electron chi connectivity index (χ4n) is 2.22. The minimum Gasteiger partial charge on any atom is -0.497 e. The first-order chi connectivity index (χ1) is 10.7. The lowest BCUT2D eigenvalue weighted by Crippen LogP contribution is -1.86. The highest BCUT2D eigenvalue weighted by Gasteiger charge is 2.10. The average molecular weight is 314 g/mol. The summed E-state index contributed by atoms with van der Waals surface area (Å²) in [4.78, 5) is 1.99. The Labute approximate surface area is 132 Å². The highest BCUT2D eigenvalue weighted by Crippen LogP contribution is 2.36. The molecule has 0 N–H and O–H groups in total. The summed E-state index contributed by atoms with van der Waals surface area (Å²) in [5.41, 5.74) is 1.68. The number of hydrogen-bond acceptors (Lipinski definition) is 3. The molecule has 1 heterocycles. The van der Waals surface area contributed by atoms with E-state index in [4.69, 9.17) is 9.47 Å². The van der Waals surface area contributed by atoms with Gasteiger partial charge in [-0.3, -0.25) is 0 Å². The van der Waals surface area contributed by atoms with Gasteiger partial charge < -0.3 is 9.47 Å². The number of benzene rings is 2. The molecule has 0 aliphatic rings. The number of thiophene rings is 1. The molecule has 0 aliphatic heterocycles. The SMILES string of the molecule is COc1ccc(-c2ccc(-c3ccc(OC)cc3F)s2)cc1. The van der Waals surface area contributed by atoms with Crippen LogP contribution in [-0.2, 0) is 0 Å². The lowest BCUT2D eigenvalue weighted by Gasteiger charge is -2.04. The van der Waals surface area contributed by atoms with Crippen molar-refractivity contribution in [2.75, 3.05) is 14.2 Å². The van der Waals surface area contributed by atoms with Crippen LogP contribution in [0.15, 0.2) is 54.6 Å². The lowest BCUT2D eigenvalue weighted by atomic mass is 10.1. The van der Waals surface area contributed by atoms with Gasteiger partial charge >= 0.3 is 0 Å². The molecule has 22 heavy (non-hydrogen) atoms. The average Bonchev–Trinajstić information content (AvgIpc) is 3.04. The molecule has 0 bridgehead atoms. The van der Waals surface area contributed by atoms with Crippen LogP contribution < -0.4 is 9.47 Å². The van der Waals surface area contributed by atoms with Crippen LogP contribution in [0.1, 0.15) is 0 Å². The van der Waals surface area contributed by atoms with Crippen LogP contribution in [0.25, 0.3) is 20.9 Å². The largest absolute Gasteiger partial charge is 0.497 e. The number of hydrogen-bond donors (Lipinski definition) is 0. The quantitative estimate of drug-likeness (QED) is 0.656. The highest BCUT2D eigenvalue weighted by atomic mass is 32.1. The van der Waals surface area contributed by atoms with Gasteiger partial charge in [-0.1, -0.05) is 0 Å². The third-order valence-corrected chi connectivity index (χ3v) is 4.59. The topological polar surface area (TPSA) is 18.5 Å². The van der Waals surface area contributed by atoms with Crippen molar-refractivity contribution in [3.63, 3.8) is 0 Å². The second-order valence-electron chi connectivity index (χ2n) is 4.74. The Kier molecular flexibility index (Phi) is 4.11. The van der Waals surface area contributed by atoms with E-state index in [-0.39, 0.29) is 5.82 Å². The molecule has 112 valence electrons. The predicted octanol–water partition coefficient (Wildman–Crippen LogP) is 5.24. The summed E-state index contributed by atoms with van der Waals surface area (Å²) in [6.45, 7) is 0. The maximum absolute atomic E-state index is 14.1. The molecular formula is C18H15FO2S. The smallest absolute Gasteiger partial charge is 0.135 e. The van der Waals surface area contributed by atoms with Crippen molar-refractivity contribution in [3.05, 3.63) is 60.4 Å².